The first kappa shape index (κ1) is 15.7. The summed E-state index contributed by atoms with van der Waals surface area (Å²) in [6.45, 7) is 3.99. The van der Waals surface area contributed by atoms with Crippen molar-refractivity contribution in [3.05, 3.63) is 37.0 Å². The summed E-state index contributed by atoms with van der Waals surface area (Å²) in [7, 11) is 0. The third-order valence-corrected chi connectivity index (χ3v) is 2.12. The van der Waals surface area contributed by atoms with Crippen LogP contribution in [0.25, 0.3) is 0 Å². The van der Waals surface area contributed by atoms with Crippen LogP contribution in [-0.2, 0) is 4.79 Å². The second-order valence-electron chi connectivity index (χ2n) is 3.67. The Kier molecular flexibility index (Phi) is 11.7. The predicted octanol–water partition coefficient (Wildman–Crippen LogP) is 2.34. The molecule has 3 heteroatoms. The summed E-state index contributed by atoms with van der Waals surface area (Å²) in [4.78, 5) is 11.1. The van der Waals surface area contributed by atoms with Gasteiger partial charge in [-0.1, -0.05) is 30.4 Å². The van der Waals surface area contributed by atoms with Crippen molar-refractivity contribution >= 4 is 5.91 Å². The molecule has 0 saturated carbocycles. The van der Waals surface area contributed by atoms with Crippen molar-refractivity contribution in [3.8, 4) is 0 Å². The lowest BCUT2D eigenvalue weighted by Gasteiger charge is -2.00. The maximum absolute atomic E-state index is 11.1. The molecule has 0 spiro atoms. The van der Waals surface area contributed by atoms with Crippen LogP contribution < -0.4 is 5.32 Å². The van der Waals surface area contributed by atoms with Crippen LogP contribution in [0.4, 0.5) is 0 Å². The normalized spacial score (nSPS) is 11.1. The number of aliphatic hydroxyl groups excluding tert-OH is 1. The quantitative estimate of drug-likeness (QED) is 0.452. The molecule has 0 aromatic rings. The Balaban J connectivity index is 3.35. The van der Waals surface area contributed by atoms with Gasteiger partial charge in [-0.05, 0) is 25.7 Å². The molecule has 0 fully saturated rings. The monoisotopic (exact) mass is 237 g/mol. The zero-order valence-electron chi connectivity index (χ0n) is 10.4. The van der Waals surface area contributed by atoms with Crippen molar-refractivity contribution in [2.45, 2.75) is 32.1 Å². The molecule has 0 saturated heterocycles. The molecule has 0 aromatic heterocycles. The summed E-state index contributed by atoms with van der Waals surface area (Å²) in [6.07, 6.45) is 14.4. The minimum absolute atomic E-state index is 0.00266. The van der Waals surface area contributed by atoms with Crippen molar-refractivity contribution in [2.75, 3.05) is 13.2 Å². The van der Waals surface area contributed by atoms with Crippen molar-refractivity contribution < 1.29 is 9.90 Å². The largest absolute Gasteiger partial charge is 0.395 e. The summed E-state index contributed by atoms with van der Waals surface area (Å²) >= 11 is 0. The Bertz CT molecular complexity index is 257. The van der Waals surface area contributed by atoms with Crippen LogP contribution in [0.5, 0.6) is 0 Å². The first-order chi connectivity index (χ1) is 8.31. The standard InChI is InChI=1S/C14H23NO2/c1-2-3-4-5-6-7-8-9-10-11-14(17)15-12-13-16/h2,4-5,7-8,16H,1,3,6,9-13H2,(H,15,17)/b5-4-,8-7-. The maximum Gasteiger partial charge on any atom is 0.220 e. The molecule has 3 nitrogen and oxygen atoms in total. The minimum atomic E-state index is 0.00266. The fourth-order valence-corrected chi connectivity index (χ4v) is 1.25. The molecule has 0 unspecified atom stereocenters. The summed E-state index contributed by atoms with van der Waals surface area (Å²) < 4.78 is 0. The lowest BCUT2D eigenvalue weighted by molar-refractivity contribution is -0.121. The van der Waals surface area contributed by atoms with Crippen molar-refractivity contribution in [1.82, 2.24) is 5.32 Å². The van der Waals surface area contributed by atoms with Gasteiger partial charge in [-0.15, -0.1) is 6.58 Å². The number of rotatable bonds is 10. The molecule has 2 N–H and O–H groups in total. The van der Waals surface area contributed by atoms with Gasteiger partial charge in [-0.25, -0.2) is 0 Å². The average molecular weight is 237 g/mol. The first-order valence-corrected chi connectivity index (χ1v) is 6.09. The summed E-state index contributed by atoms with van der Waals surface area (Å²) in [5, 5.41) is 11.1. The van der Waals surface area contributed by atoms with Crippen molar-refractivity contribution in [1.29, 1.82) is 0 Å². The number of hydrogen-bond donors (Lipinski definition) is 2. The minimum Gasteiger partial charge on any atom is -0.395 e. The molecule has 0 radical (unpaired) electrons. The van der Waals surface area contributed by atoms with Gasteiger partial charge < -0.3 is 10.4 Å². The Labute approximate surface area is 104 Å². The van der Waals surface area contributed by atoms with E-state index in [2.05, 4.69) is 36.2 Å². The molecule has 1 amide bonds. The number of carbonyl (C=O) groups excluding carboxylic acids is 1. The van der Waals surface area contributed by atoms with E-state index in [1.807, 2.05) is 6.08 Å². The van der Waals surface area contributed by atoms with E-state index in [0.717, 1.165) is 25.7 Å². The lowest BCUT2D eigenvalue weighted by Crippen LogP contribution is -2.25. The highest BCUT2D eigenvalue weighted by molar-refractivity contribution is 5.75. The predicted molar refractivity (Wildman–Crippen MR) is 71.7 cm³/mol. The molecule has 0 bridgehead atoms. The van der Waals surface area contributed by atoms with Crippen LogP contribution in [0.2, 0.25) is 0 Å². The lowest BCUT2D eigenvalue weighted by atomic mass is 10.2. The summed E-state index contributed by atoms with van der Waals surface area (Å²) in [5.41, 5.74) is 0. The number of nitrogens with one attached hydrogen (secondary N) is 1. The molecule has 0 aliphatic carbocycles. The van der Waals surface area contributed by atoms with Gasteiger partial charge in [0.2, 0.25) is 5.91 Å². The molecule has 0 atom stereocenters. The van der Waals surface area contributed by atoms with Crippen molar-refractivity contribution in [2.24, 2.45) is 0 Å². The van der Waals surface area contributed by atoms with Crippen LogP contribution in [-0.4, -0.2) is 24.2 Å². The molecule has 0 rings (SSSR count). The van der Waals surface area contributed by atoms with Gasteiger partial charge in [0.05, 0.1) is 6.61 Å². The number of aliphatic hydroxyl groups is 1. The Hall–Kier alpha value is -1.35. The fraction of sp³-hybridized carbons (Fsp3) is 0.500. The highest BCUT2D eigenvalue weighted by Gasteiger charge is 1.97. The number of unbranched alkanes of at least 4 members (excludes halogenated alkanes) is 1. The van der Waals surface area contributed by atoms with Crippen LogP contribution in [0, 0.1) is 0 Å². The van der Waals surface area contributed by atoms with Crippen LogP contribution in [0.15, 0.2) is 37.0 Å². The van der Waals surface area contributed by atoms with E-state index < -0.39 is 0 Å². The number of hydrogen-bond acceptors (Lipinski definition) is 2. The fourth-order valence-electron chi connectivity index (χ4n) is 1.25. The van der Waals surface area contributed by atoms with E-state index in [1.165, 1.54) is 0 Å². The SMILES string of the molecule is C=CC/C=C\C/C=C\CCCC(=O)NCCO. The third-order valence-electron chi connectivity index (χ3n) is 2.12. The number of allylic oxidation sites excluding steroid dienone is 5. The summed E-state index contributed by atoms with van der Waals surface area (Å²) in [6, 6.07) is 0. The smallest absolute Gasteiger partial charge is 0.220 e. The third kappa shape index (κ3) is 12.6. The zero-order valence-corrected chi connectivity index (χ0v) is 10.4. The molecule has 17 heavy (non-hydrogen) atoms. The first-order valence-electron chi connectivity index (χ1n) is 6.09. The molecular formula is C14H23NO2. The van der Waals surface area contributed by atoms with E-state index in [0.29, 0.717) is 13.0 Å². The highest BCUT2D eigenvalue weighted by Crippen LogP contribution is 1.98. The number of carbonyl (C=O) groups is 1. The Morgan fingerprint density at radius 2 is 1.88 bits per heavy atom. The molecule has 0 heterocycles. The Morgan fingerprint density at radius 3 is 2.59 bits per heavy atom. The zero-order chi connectivity index (χ0) is 12.8. The van der Waals surface area contributed by atoms with Crippen LogP contribution in [0.1, 0.15) is 32.1 Å². The summed E-state index contributed by atoms with van der Waals surface area (Å²) in [5.74, 6) is 0.0123. The van der Waals surface area contributed by atoms with Crippen LogP contribution >= 0.6 is 0 Å². The Morgan fingerprint density at radius 1 is 1.18 bits per heavy atom. The van der Waals surface area contributed by atoms with E-state index in [4.69, 9.17) is 5.11 Å². The van der Waals surface area contributed by atoms with Gasteiger partial charge in [-0.2, -0.15) is 0 Å². The van der Waals surface area contributed by atoms with Gasteiger partial charge in [0.25, 0.3) is 0 Å². The topological polar surface area (TPSA) is 49.3 Å². The average Bonchev–Trinajstić information content (AvgIpc) is 2.34. The second kappa shape index (κ2) is 12.7. The van der Waals surface area contributed by atoms with Crippen molar-refractivity contribution in [3.63, 3.8) is 0 Å². The van der Waals surface area contributed by atoms with Gasteiger partial charge >= 0.3 is 0 Å². The maximum atomic E-state index is 11.1. The van der Waals surface area contributed by atoms with E-state index in [-0.39, 0.29) is 12.5 Å². The van der Waals surface area contributed by atoms with Gasteiger partial charge in [0.15, 0.2) is 0 Å². The molecule has 96 valence electrons. The molecule has 0 aromatic carbocycles. The highest BCUT2D eigenvalue weighted by atomic mass is 16.3. The molecule has 0 aliphatic heterocycles. The van der Waals surface area contributed by atoms with E-state index >= 15 is 0 Å². The second-order valence-corrected chi connectivity index (χ2v) is 3.67. The van der Waals surface area contributed by atoms with E-state index in [9.17, 15) is 4.79 Å². The molecule has 0 aliphatic rings. The van der Waals surface area contributed by atoms with Crippen LogP contribution in [0.3, 0.4) is 0 Å². The molecular weight excluding hydrogens is 214 g/mol. The van der Waals surface area contributed by atoms with E-state index in [1.54, 1.807) is 0 Å². The van der Waals surface area contributed by atoms with Gasteiger partial charge in [0.1, 0.15) is 0 Å². The number of amides is 1. The van der Waals surface area contributed by atoms with Gasteiger partial charge in [0, 0.05) is 13.0 Å². The van der Waals surface area contributed by atoms with Gasteiger partial charge in [-0.3, -0.25) is 4.79 Å².